The number of nitrogens with zero attached hydrogens (tertiary/aromatic N) is 1. The Bertz CT molecular complexity index is 1030. The maximum absolute atomic E-state index is 13.0. The Hall–Kier alpha value is -2.68. The van der Waals surface area contributed by atoms with E-state index < -0.39 is 50.5 Å². The first-order valence-electron chi connectivity index (χ1n) is 8.03. The summed E-state index contributed by atoms with van der Waals surface area (Å²) >= 11 is 0. The van der Waals surface area contributed by atoms with Gasteiger partial charge in [-0.1, -0.05) is 0 Å². The highest BCUT2D eigenvalue weighted by molar-refractivity contribution is 7.91. The summed E-state index contributed by atoms with van der Waals surface area (Å²) in [7, 11) is -4.15. The quantitative estimate of drug-likeness (QED) is 0.368. The molecule has 2 unspecified atom stereocenters. The summed E-state index contributed by atoms with van der Waals surface area (Å²) in [5.74, 6) is -1.67. The predicted molar refractivity (Wildman–Crippen MR) is 94.9 cm³/mol. The van der Waals surface area contributed by atoms with E-state index in [4.69, 9.17) is 5.26 Å². The molecular weight excluding hydrogens is 416 g/mol. The normalized spacial score (nSPS) is 15.2. The van der Waals surface area contributed by atoms with Crippen molar-refractivity contribution in [2.75, 3.05) is 11.1 Å². The number of aliphatic hydroxyl groups is 2. The van der Waals surface area contributed by atoms with Gasteiger partial charge in [-0.3, -0.25) is 0 Å². The summed E-state index contributed by atoms with van der Waals surface area (Å²) in [6.07, 6.45) is -6.81. The van der Waals surface area contributed by atoms with Gasteiger partial charge < -0.3 is 15.5 Å². The predicted octanol–water partition coefficient (Wildman–Crippen LogP) is 2.67. The molecule has 2 atom stereocenters. The van der Waals surface area contributed by atoms with Crippen LogP contribution in [0.5, 0.6) is 0 Å². The Morgan fingerprint density at radius 3 is 2.28 bits per heavy atom. The van der Waals surface area contributed by atoms with Crippen LogP contribution in [0.4, 0.5) is 23.2 Å². The molecule has 0 bridgehead atoms. The number of alkyl halides is 3. The van der Waals surface area contributed by atoms with E-state index in [0.29, 0.717) is 6.07 Å². The van der Waals surface area contributed by atoms with E-state index in [1.807, 2.05) is 0 Å². The fraction of sp³-hybridized carbons (Fsp3) is 0.278. The largest absolute Gasteiger partial charge is 0.417 e. The van der Waals surface area contributed by atoms with Gasteiger partial charge in [-0.2, -0.15) is 18.4 Å². The standard InChI is InChI=1S/C18H16F4N2O4S/c1-17(26,10-29(27,28)14-6-3-12(19)4-7-14)16(25)24-13-5-2-11(9-23)15(8-13)18(20,21)22/h2-8,16,24-26H,10H2,1H3. The number of rotatable bonds is 6. The zero-order valence-electron chi connectivity index (χ0n) is 14.9. The van der Waals surface area contributed by atoms with E-state index >= 15 is 0 Å². The van der Waals surface area contributed by atoms with Crippen molar-refractivity contribution in [1.29, 1.82) is 5.26 Å². The maximum atomic E-state index is 13.0. The molecule has 2 aromatic rings. The van der Waals surface area contributed by atoms with Crippen molar-refractivity contribution < 1.29 is 36.2 Å². The number of anilines is 1. The second-order valence-corrected chi connectivity index (χ2v) is 8.48. The number of sulfone groups is 1. The van der Waals surface area contributed by atoms with Crippen LogP contribution in [0.3, 0.4) is 0 Å². The van der Waals surface area contributed by atoms with Crippen LogP contribution in [-0.4, -0.2) is 36.2 Å². The molecule has 2 rings (SSSR count). The second kappa shape index (κ2) is 7.98. The third kappa shape index (κ3) is 5.44. The number of hydrogen-bond donors (Lipinski definition) is 3. The van der Waals surface area contributed by atoms with E-state index in [-0.39, 0.29) is 10.6 Å². The van der Waals surface area contributed by atoms with E-state index in [0.717, 1.165) is 43.3 Å². The first-order valence-corrected chi connectivity index (χ1v) is 9.68. The fourth-order valence-corrected chi connectivity index (χ4v) is 4.11. The number of hydrogen-bond acceptors (Lipinski definition) is 6. The average molecular weight is 432 g/mol. The number of nitriles is 1. The molecule has 0 amide bonds. The maximum Gasteiger partial charge on any atom is 0.417 e. The summed E-state index contributed by atoms with van der Waals surface area (Å²) in [6.45, 7) is 0.972. The summed E-state index contributed by atoms with van der Waals surface area (Å²) in [4.78, 5) is -0.302. The molecule has 0 heterocycles. The van der Waals surface area contributed by atoms with Gasteiger partial charge in [0.1, 0.15) is 11.4 Å². The van der Waals surface area contributed by atoms with E-state index in [9.17, 15) is 36.2 Å². The Balaban J connectivity index is 2.24. The molecule has 156 valence electrons. The molecule has 6 nitrogen and oxygen atoms in total. The smallest absolute Gasteiger partial charge is 0.384 e. The minimum absolute atomic E-state index is 0.289. The molecule has 3 N–H and O–H groups in total. The zero-order valence-corrected chi connectivity index (χ0v) is 15.7. The van der Waals surface area contributed by atoms with Crippen molar-refractivity contribution in [2.24, 2.45) is 0 Å². The molecule has 29 heavy (non-hydrogen) atoms. The lowest BCUT2D eigenvalue weighted by Crippen LogP contribution is -2.49. The van der Waals surface area contributed by atoms with Gasteiger partial charge in [0.15, 0.2) is 16.1 Å². The van der Waals surface area contributed by atoms with Crippen LogP contribution in [0.1, 0.15) is 18.1 Å². The highest BCUT2D eigenvalue weighted by Crippen LogP contribution is 2.34. The lowest BCUT2D eigenvalue weighted by Gasteiger charge is -2.30. The average Bonchev–Trinajstić information content (AvgIpc) is 2.60. The molecule has 0 aliphatic rings. The Morgan fingerprint density at radius 2 is 1.76 bits per heavy atom. The fourth-order valence-electron chi connectivity index (χ4n) is 2.47. The van der Waals surface area contributed by atoms with Gasteiger partial charge in [0.05, 0.1) is 27.8 Å². The molecule has 11 heteroatoms. The molecule has 0 saturated carbocycles. The number of halogens is 4. The van der Waals surface area contributed by atoms with Crippen molar-refractivity contribution in [3.05, 3.63) is 59.4 Å². The highest BCUT2D eigenvalue weighted by Gasteiger charge is 2.38. The molecule has 0 aliphatic heterocycles. The first-order chi connectivity index (χ1) is 13.3. The van der Waals surface area contributed by atoms with Crippen LogP contribution >= 0.6 is 0 Å². The first kappa shape index (κ1) is 22.6. The van der Waals surface area contributed by atoms with E-state index in [2.05, 4.69) is 5.32 Å². The highest BCUT2D eigenvalue weighted by atomic mass is 32.2. The minimum Gasteiger partial charge on any atom is -0.384 e. The third-order valence-electron chi connectivity index (χ3n) is 3.99. The number of nitrogens with one attached hydrogen (secondary N) is 1. The number of benzene rings is 2. The molecular formula is C18H16F4N2O4S. The van der Waals surface area contributed by atoms with Crippen molar-refractivity contribution in [2.45, 2.75) is 29.8 Å². The molecule has 0 spiro atoms. The van der Waals surface area contributed by atoms with Gasteiger partial charge in [-0.05, 0) is 49.4 Å². The third-order valence-corrected chi connectivity index (χ3v) is 5.95. The summed E-state index contributed by atoms with van der Waals surface area (Å²) in [5.41, 5.74) is -4.50. The van der Waals surface area contributed by atoms with Crippen LogP contribution in [-0.2, 0) is 16.0 Å². The van der Waals surface area contributed by atoms with Crippen LogP contribution in [0.2, 0.25) is 0 Å². The zero-order chi connectivity index (χ0) is 22.0. The van der Waals surface area contributed by atoms with Gasteiger partial charge in [0.25, 0.3) is 0 Å². The topological polar surface area (TPSA) is 110 Å². The van der Waals surface area contributed by atoms with Crippen molar-refractivity contribution in [3.8, 4) is 6.07 Å². The Kier molecular flexibility index (Phi) is 6.22. The SMILES string of the molecule is CC(O)(CS(=O)(=O)c1ccc(F)cc1)C(O)Nc1ccc(C#N)c(C(F)(F)F)c1. The molecule has 0 saturated heterocycles. The van der Waals surface area contributed by atoms with Gasteiger partial charge >= 0.3 is 6.18 Å². The molecule has 0 radical (unpaired) electrons. The van der Waals surface area contributed by atoms with E-state index in [1.165, 1.54) is 6.07 Å². The monoisotopic (exact) mass is 432 g/mol. The van der Waals surface area contributed by atoms with Crippen LogP contribution < -0.4 is 5.32 Å². The van der Waals surface area contributed by atoms with Gasteiger partial charge in [0, 0.05) is 5.69 Å². The lowest BCUT2D eigenvalue weighted by atomic mass is 10.1. The van der Waals surface area contributed by atoms with Crippen LogP contribution in [0, 0.1) is 17.1 Å². The molecule has 0 aliphatic carbocycles. The lowest BCUT2D eigenvalue weighted by molar-refractivity contribution is -0.137. The summed E-state index contributed by atoms with van der Waals surface area (Å²) in [5, 5.41) is 31.5. The van der Waals surface area contributed by atoms with Crippen molar-refractivity contribution in [3.63, 3.8) is 0 Å². The Labute approximate surface area is 163 Å². The van der Waals surface area contributed by atoms with Gasteiger partial charge in [-0.15, -0.1) is 0 Å². The van der Waals surface area contributed by atoms with Crippen molar-refractivity contribution >= 4 is 15.5 Å². The minimum atomic E-state index is -4.83. The summed E-state index contributed by atoms with van der Waals surface area (Å²) < 4.78 is 76.8. The summed E-state index contributed by atoms with van der Waals surface area (Å²) in [6, 6.07) is 7.69. The van der Waals surface area contributed by atoms with Crippen LogP contribution in [0.25, 0.3) is 0 Å². The molecule has 0 aromatic heterocycles. The Morgan fingerprint density at radius 1 is 1.17 bits per heavy atom. The second-order valence-electron chi connectivity index (χ2n) is 6.49. The van der Waals surface area contributed by atoms with Gasteiger partial charge in [0.2, 0.25) is 0 Å². The molecule has 2 aromatic carbocycles. The van der Waals surface area contributed by atoms with Crippen LogP contribution in [0.15, 0.2) is 47.4 Å². The van der Waals surface area contributed by atoms with Gasteiger partial charge in [-0.25, -0.2) is 12.8 Å². The van der Waals surface area contributed by atoms with E-state index in [1.54, 1.807) is 0 Å². The molecule has 0 fully saturated rings. The van der Waals surface area contributed by atoms with Crippen molar-refractivity contribution in [1.82, 2.24) is 0 Å². The number of aliphatic hydroxyl groups excluding tert-OH is 1.